The molecule has 0 bridgehead atoms. The van der Waals surface area contributed by atoms with E-state index in [0.29, 0.717) is 11.3 Å². The van der Waals surface area contributed by atoms with Crippen LogP contribution < -0.4 is 5.73 Å². The summed E-state index contributed by atoms with van der Waals surface area (Å²) in [7, 11) is 0. The van der Waals surface area contributed by atoms with Crippen LogP contribution in [0.5, 0.6) is 0 Å². The van der Waals surface area contributed by atoms with E-state index in [-0.39, 0.29) is 15.8 Å². The summed E-state index contributed by atoms with van der Waals surface area (Å²) >= 11 is 6.80. The van der Waals surface area contributed by atoms with Crippen molar-refractivity contribution >= 4 is 34.2 Å². The molecule has 0 amide bonds. The fourth-order valence-electron chi connectivity index (χ4n) is 0.930. The second-order valence-electron chi connectivity index (χ2n) is 2.91. The molecule has 0 aliphatic carbocycles. The van der Waals surface area contributed by atoms with Gasteiger partial charge in [0, 0.05) is 12.5 Å². The molecule has 1 aromatic carbocycles. The minimum Gasteiger partial charge on any atom is -0.396 e. The summed E-state index contributed by atoms with van der Waals surface area (Å²) in [4.78, 5) is 10.6. The molecule has 2 nitrogen and oxygen atoms in total. The van der Waals surface area contributed by atoms with Crippen molar-refractivity contribution in [1.29, 1.82) is 0 Å². The Balaban J connectivity index is 2.82. The second kappa shape index (κ2) is 5.78. The highest BCUT2D eigenvalue weighted by Gasteiger charge is 2.07. The number of thioether (sulfide) groups is 1. The van der Waals surface area contributed by atoms with Crippen LogP contribution in [0.2, 0.25) is 5.02 Å². The van der Waals surface area contributed by atoms with E-state index in [9.17, 15) is 9.18 Å². The van der Waals surface area contributed by atoms with E-state index in [2.05, 4.69) is 11.8 Å². The Morgan fingerprint density at radius 1 is 1.62 bits per heavy atom. The Morgan fingerprint density at radius 2 is 2.31 bits per heavy atom. The number of hydrogen-bond acceptors (Lipinski definition) is 3. The van der Waals surface area contributed by atoms with E-state index in [1.807, 2.05) is 0 Å². The topological polar surface area (TPSA) is 43.1 Å². The Labute approximate surface area is 102 Å². The first-order valence-corrected chi connectivity index (χ1v) is 5.74. The number of anilines is 1. The molecule has 0 aliphatic heterocycles. The van der Waals surface area contributed by atoms with Crippen LogP contribution in [0.4, 0.5) is 10.1 Å². The molecule has 0 spiro atoms. The molecule has 0 saturated carbocycles. The molecular weight excluding hydrogens is 249 g/mol. The molecule has 0 saturated heterocycles. The Morgan fingerprint density at radius 3 is 2.94 bits per heavy atom. The predicted octanol–water partition coefficient (Wildman–Crippen LogP) is 2.69. The Kier molecular flexibility index (Phi) is 4.66. The maximum atomic E-state index is 13.2. The largest absolute Gasteiger partial charge is 0.396 e. The third kappa shape index (κ3) is 3.44. The summed E-state index contributed by atoms with van der Waals surface area (Å²) < 4.78 is 13.2. The first-order chi connectivity index (χ1) is 7.52. The van der Waals surface area contributed by atoms with E-state index >= 15 is 0 Å². The molecule has 16 heavy (non-hydrogen) atoms. The maximum absolute atomic E-state index is 13.2. The number of hydrogen-bond donors (Lipinski definition) is 1. The number of rotatable bonds is 1. The van der Waals surface area contributed by atoms with Crippen LogP contribution in [-0.4, -0.2) is 10.9 Å². The van der Waals surface area contributed by atoms with E-state index in [0.717, 1.165) is 11.8 Å². The van der Waals surface area contributed by atoms with Gasteiger partial charge >= 0.3 is 0 Å². The highest BCUT2D eigenvalue weighted by Crippen LogP contribution is 2.23. The molecule has 0 fully saturated rings. The van der Waals surface area contributed by atoms with Crippen molar-refractivity contribution in [3.8, 4) is 11.8 Å². The number of halogens is 2. The zero-order valence-electron chi connectivity index (χ0n) is 8.51. The van der Waals surface area contributed by atoms with Gasteiger partial charge in [0.25, 0.3) is 0 Å². The molecule has 0 aliphatic rings. The van der Waals surface area contributed by atoms with Crippen LogP contribution in [0, 0.1) is 17.7 Å². The van der Waals surface area contributed by atoms with Crippen molar-refractivity contribution < 1.29 is 9.18 Å². The Bertz CT molecular complexity index is 479. The van der Waals surface area contributed by atoms with Crippen molar-refractivity contribution in [3.05, 3.63) is 28.5 Å². The number of nitrogen functional groups attached to an aromatic ring is 1. The van der Waals surface area contributed by atoms with Crippen LogP contribution in [-0.2, 0) is 4.79 Å². The third-order valence-electron chi connectivity index (χ3n) is 1.68. The zero-order valence-corrected chi connectivity index (χ0v) is 10.1. The number of nitrogens with two attached hydrogens (primary N) is 1. The van der Waals surface area contributed by atoms with Gasteiger partial charge in [-0.2, -0.15) is 0 Å². The Hall–Kier alpha value is -1.18. The van der Waals surface area contributed by atoms with Crippen molar-refractivity contribution in [2.24, 2.45) is 0 Å². The highest BCUT2D eigenvalue weighted by molar-refractivity contribution is 8.13. The summed E-state index contributed by atoms with van der Waals surface area (Å²) in [6, 6.07) is 2.95. The summed E-state index contributed by atoms with van der Waals surface area (Å²) in [5.74, 6) is 5.11. The van der Waals surface area contributed by atoms with Gasteiger partial charge in [0.2, 0.25) is 0 Å². The van der Waals surface area contributed by atoms with E-state index < -0.39 is 5.82 Å². The van der Waals surface area contributed by atoms with Gasteiger partial charge in [-0.15, -0.1) is 0 Å². The molecule has 0 atom stereocenters. The predicted molar refractivity (Wildman–Crippen MR) is 65.8 cm³/mol. The summed E-state index contributed by atoms with van der Waals surface area (Å²) in [6.45, 7) is 1.46. The summed E-state index contributed by atoms with van der Waals surface area (Å²) in [6.07, 6.45) is 0. The van der Waals surface area contributed by atoms with E-state index in [1.54, 1.807) is 6.07 Å². The highest BCUT2D eigenvalue weighted by atomic mass is 35.5. The first kappa shape index (κ1) is 12.9. The van der Waals surface area contributed by atoms with Crippen molar-refractivity contribution in [3.63, 3.8) is 0 Å². The normalized spacial score (nSPS) is 9.44. The lowest BCUT2D eigenvalue weighted by atomic mass is 10.2. The lowest BCUT2D eigenvalue weighted by molar-refractivity contribution is -0.109. The average molecular weight is 258 g/mol. The van der Waals surface area contributed by atoms with Gasteiger partial charge in [-0.25, -0.2) is 4.39 Å². The molecule has 0 aromatic heterocycles. The van der Waals surface area contributed by atoms with Crippen LogP contribution in [0.25, 0.3) is 0 Å². The summed E-state index contributed by atoms with van der Waals surface area (Å²) in [5.41, 5.74) is 5.69. The molecule has 1 aromatic rings. The first-order valence-electron chi connectivity index (χ1n) is 4.38. The number of carbonyl (C=O) groups excluding carboxylic acids is 1. The van der Waals surface area contributed by atoms with Crippen LogP contribution in [0.1, 0.15) is 12.5 Å². The SMILES string of the molecule is CC(=O)SCC#Cc1ccc(N)c(F)c1Cl. The minimum atomic E-state index is -0.660. The smallest absolute Gasteiger partial charge is 0.186 e. The number of carbonyl (C=O) groups is 1. The average Bonchev–Trinajstić information content (AvgIpc) is 2.23. The molecule has 0 unspecified atom stereocenters. The van der Waals surface area contributed by atoms with Gasteiger partial charge in [-0.3, -0.25) is 4.79 Å². The van der Waals surface area contributed by atoms with Crippen LogP contribution >= 0.6 is 23.4 Å². The molecule has 5 heteroatoms. The lowest BCUT2D eigenvalue weighted by Gasteiger charge is -2.00. The number of benzene rings is 1. The quantitative estimate of drug-likeness (QED) is 0.621. The van der Waals surface area contributed by atoms with Crippen LogP contribution in [0.15, 0.2) is 12.1 Å². The van der Waals surface area contributed by atoms with Crippen LogP contribution in [0.3, 0.4) is 0 Å². The van der Waals surface area contributed by atoms with E-state index in [4.69, 9.17) is 17.3 Å². The van der Waals surface area contributed by atoms with Gasteiger partial charge in [-0.05, 0) is 12.1 Å². The van der Waals surface area contributed by atoms with Gasteiger partial charge in [-0.1, -0.05) is 35.2 Å². The molecule has 0 radical (unpaired) electrons. The molecule has 0 heterocycles. The monoisotopic (exact) mass is 257 g/mol. The van der Waals surface area contributed by atoms with Crippen molar-refractivity contribution in [1.82, 2.24) is 0 Å². The maximum Gasteiger partial charge on any atom is 0.186 e. The van der Waals surface area contributed by atoms with Crippen molar-refractivity contribution in [2.45, 2.75) is 6.92 Å². The van der Waals surface area contributed by atoms with Gasteiger partial charge < -0.3 is 5.73 Å². The molecule has 2 N–H and O–H groups in total. The second-order valence-corrected chi connectivity index (χ2v) is 4.44. The molecule has 84 valence electrons. The fraction of sp³-hybridized carbons (Fsp3) is 0.182. The van der Waals surface area contributed by atoms with Crippen molar-refractivity contribution in [2.75, 3.05) is 11.5 Å². The lowest BCUT2D eigenvalue weighted by Crippen LogP contribution is -1.93. The molecule has 1 rings (SSSR count). The van der Waals surface area contributed by atoms with Gasteiger partial charge in [0.15, 0.2) is 10.9 Å². The van der Waals surface area contributed by atoms with Gasteiger partial charge in [0.05, 0.1) is 16.5 Å². The standard InChI is InChI=1S/C11H9ClFNOS/c1-7(15)16-6-2-3-8-4-5-9(14)11(13)10(8)12/h4-5H,6,14H2,1H3. The van der Waals surface area contributed by atoms with E-state index in [1.165, 1.54) is 13.0 Å². The fourth-order valence-corrected chi connectivity index (χ4v) is 1.50. The minimum absolute atomic E-state index is 0.00587. The zero-order chi connectivity index (χ0) is 12.1. The third-order valence-corrected chi connectivity index (χ3v) is 2.75. The summed E-state index contributed by atoms with van der Waals surface area (Å²) in [5, 5.41) is -0.0933. The van der Waals surface area contributed by atoms with Gasteiger partial charge in [0.1, 0.15) is 0 Å². The molecular formula is C11H9ClFNOS.